The standard InChI is InChI=1S/C16H16N2O5/c1-22-15-8-3-11(9-14(15)16(19)23-2)10-17-12-4-6-13(7-5-12)18(20)21/h3-9,17H,10H2,1-2H3. The molecule has 0 saturated heterocycles. The molecule has 0 amide bonds. The maximum absolute atomic E-state index is 11.7. The van der Waals surface area contributed by atoms with Crippen molar-refractivity contribution in [2.75, 3.05) is 19.5 Å². The highest BCUT2D eigenvalue weighted by Crippen LogP contribution is 2.22. The lowest BCUT2D eigenvalue weighted by Crippen LogP contribution is -2.06. The average molecular weight is 316 g/mol. The van der Waals surface area contributed by atoms with Crippen molar-refractivity contribution in [2.45, 2.75) is 6.54 Å². The summed E-state index contributed by atoms with van der Waals surface area (Å²) in [5.74, 6) is -0.0324. The van der Waals surface area contributed by atoms with Gasteiger partial charge in [0, 0.05) is 24.4 Å². The van der Waals surface area contributed by atoms with Gasteiger partial charge in [0.15, 0.2) is 0 Å². The van der Waals surface area contributed by atoms with Gasteiger partial charge < -0.3 is 14.8 Å². The smallest absolute Gasteiger partial charge is 0.341 e. The highest BCUT2D eigenvalue weighted by atomic mass is 16.6. The van der Waals surface area contributed by atoms with E-state index < -0.39 is 10.9 Å². The van der Waals surface area contributed by atoms with Crippen LogP contribution in [0.1, 0.15) is 15.9 Å². The van der Waals surface area contributed by atoms with Gasteiger partial charge in [-0.15, -0.1) is 0 Å². The minimum absolute atomic E-state index is 0.0352. The summed E-state index contributed by atoms with van der Waals surface area (Å²) in [6.45, 7) is 0.450. The van der Waals surface area contributed by atoms with E-state index >= 15 is 0 Å². The summed E-state index contributed by atoms with van der Waals surface area (Å²) >= 11 is 0. The van der Waals surface area contributed by atoms with E-state index in [0.717, 1.165) is 11.3 Å². The predicted octanol–water partition coefficient (Wildman–Crippen LogP) is 3.00. The Bertz CT molecular complexity index is 713. The molecule has 0 unspecified atom stereocenters. The minimum Gasteiger partial charge on any atom is -0.496 e. The van der Waals surface area contributed by atoms with Crippen LogP contribution in [0.2, 0.25) is 0 Å². The van der Waals surface area contributed by atoms with Gasteiger partial charge >= 0.3 is 5.97 Å². The molecule has 120 valence electrons. The van der Waals surface area contributed by atoms with Crippen molar-refractivity contribution in [3.05, 3.63) is 63.7 Å². The van der Waals surface area contributed by atoms with E-state index in [4.69, 9.17) is 9.47 Å². The Labute approximate surface area is 133 Å². The minimum atomic E-state index is -0.473. The Morgan fingerprint density at radius 3 is 2.43 bits per heavy atom. The van der Waals surface area contributed by atoms with E-state index in [0.29, 0.717) is 17.9 Å². The number of nitrogens with zero attached hydrogens (tertiary/aromatic N) is 1. The van der Waals surface area contributed by atoms with Crippen LogP contribution in [0.4, 0.5) is 11.4 Å². The van der Waals surface area contributed by atoms with E-state index in [9.17, 15) is 14.9 Å². The number of ether oxygens (including phenoxy) is 2. The number of hydrogen-bond donors (Lipinski definition) is 1. The molecule has 7 heteroatoms. The van der Waals surface area contributed by atoms with E-state index in [2.05, 4.69) is 5.32 Å². The van der Waals surface area contributed by atoms with Crippen LogP contribution in [0.3, 0.4) is 0 Å². The molecule has 0 saturated carbocycles. The topological polar surface area (TPSA) is 90.7 Å². The van der Waals surface area contributed by atoms with Gasteiger partial charge in [-0.1, -0.05) is 6.07 Å². The van der Waals surface area contributed by atoms with Gasteiger partial charge in [0.25, 0.3) is 5.69 Å². The van der Waals surface area contributed by atoms with Crippen molar-refractivity contribution in [2.24, 2.45) is 0 Å². The normalized spacial score (nSPS) is 10.0. The number of esters is 1. The Morgan fingerprint density at radius 2 is 1.87 bits per heavy atom. The van der Waals surface area contributed by atoms with Gasteiger partial charge in [0.05, 0.1) is 19.1 Å². The number of benzene rings is 2. The van der Waals surface area contributed by atoms with Crippen LogP contribution in [0.5, 0.6) is 5.75 Å². The first-order valence-corrected chi connectivity index (χ1v) is 6.78. The van der Waals surface area contributed by atoms with Crippen molar-refractivity contribution in [1.29, 1.82) is 0 Å². The third-order valence-corrected chi connectivity index (χ3v) is 3.24. The molecule has 0 aliphatic rings. The summed E-state index contributed by atoms with van der Waals surface area (Å²) in [6.07, 6.45) is 0. The largest absolute Gasteiger partial charge is 0.496 e. The lowest BCUT2D eigenvalue weighted by atomic mass is 10.1. The highest BCUT2D eigenvalue weighted by Gasteiger charge is 2.13. The molecule has 0 spiro atoms. The molecule has 1 N–H and O–H groups in total. The van der Waals surface area contributed by atoms with Crippen molar-refractivity contribution < 1.29 is 19.2 Å². The molecule has 0 aliphatic heterocycles. The highest BCUT2D eigenvalue weighted by molar-refractivity contribution is 5.92. The van der Waals surface area contributed by atoms with Crippen LogP contribution >= 0.6 is 0 Å². The second kappa shape index (κ2) is 7.26. The van der Waals surface area contributed by atoms with Crippen molar-refractivity contribution in [1.82, 2.24) is 0 Å². The summed E-state index contributed by atoms with van der Waals surface area (Å²) in [6, 6.07) is 11.3. The maximum Gasteiger partial charge on any atom is 0.341 e. The number of rotatable bonds is 6. The van der Waals surface area contributed by atoms with Gasteiger partial charge in [-0.05, 0) is 29.8 Å². The molecule has 23 heavy (non-hydrogen) atoms. The number of hydrogen-bond acceptors (Lipinski definition) is 6. The van der Waals surface area contributed by atoms with Crippen LogP contribution < -0.4 is 10.1 Å². The third kappa shape index (κ3) is 3.97. The van der Waals surface area contributed by atoms with E-state index in [1.54, 1.807) is 24.3 Å². The molecule has 0 atom stereocenters. The zero-order valence-electron chi connectivity index (χ0n) is 12.7. The zero-order valence-corrected chi connectivity index (χ0v) is 12.7. The Kier molecular flexibility index (Phi) is 5.14. The Morgan fingerprint density at radius 1 is 1.17 bits per heavy atom. The SMILES string of the molecule is COC(=O)c1cc(CNc2ccc([N+](=O)[O-])cc2)ccc1OC. The lowest BCUT2D eigenvalue weighted by Gasteiger charge is -2.10. The van der Waals surface area contributed by atoms with Crippen molar-refractivity contribution in [3.63, 3.8) is 0 Å². The molecule has 2 aromatic rings. The van der Waals surface area contributed by atoms with Gasteiger partial charge in [0.2, 0.25) is 0 Å². The Hall–Kier alpha value is -3.09. The first-order valence-electron chi connectivity index (χ1n) is 6.78. The van der Waals surface area contributed by atoms with Crippen LogP contribution in [-0.4, -0.2) is 25.1 Å². The number of non-ortho nitro benzene ring substituents is 1. The van der Waals surface area contributed by atoms with Gasteiger partial charge in [-0.2, -0.15) is 0 Å². The molecule has 2 aromatic carbocycles. The van der Waals surface area contributed by atoms with Crippen molar-refractivity contribution in [3.8, 4) is 5.75 Å². The number of methoxy groups -OCH3 is 2. The predicted molar refractivity (Wildman–Crippen MR) is 84.8 cm³/mol. The van der Waals surface area contributed by atoms with Crippen LogP contribution in [0.15, 0.2) is 42.5 Å². The first kappa shape index (κ1) is 16.3. The second-order valence-corrected chi connectivity index (χ2v) is 4.68. The molecule has 0 fully saturated rings. The zero-order chi connectivity index (χ0) is 16.8. The van der Waals surface area contributed by atoms with Crippen LogP contribution in [0.25, 0.3) is 0 Å². The van der Waals surface area contributed by atoms with E-state index in [1.165, 1.54) is 26.4 Å². The summed E-state index contributed by atoms with van der Waals surface area (Å²) in [5, 5.41) is 13.7. The fourth-order valence-electron chi connectivity index (χ4n) is 2.04. The van der Waals surface area contributed by atoms with Gasteiger partial charge in [0.1, 0.15) is 11.3 Å². The van der Waals surface area contributed by atoms with Crippen LogP contribution in [-0.2, 0) is 11.3 Å². The second-order valence-electron chi connectivity index (χ2n) is 4.68. The number of carbonyl (C=O) groups excluding carboxylic acids is 1. The Balaban J connectivity index is 2.11. The number of nitro groups is 1. The van der Waals surface area contributed by atoms with E-state index in [-0.39, 0.29) is 5.69 Å². The molecule has 0 heterocycles. The number of carbonyl (C=O) groups is 1. The summed E-state index contributed by atoms with van der Waals surface area (Å²) in [5.41, 5.74) is 1.97. The summed E-state index contributed by atoms with van der Waals surface area (Å²) in [4.78, 5) is 21.9. The van der Waals surface area contributed by atoms with Crippen molar-refractivity contribution >= 4 is 17.3 Å². The molecule has 0 aromatic heterocycles. The molecule has 0 aliphatic carbocycles. The van der Waals surface area contributed by atoms with Crippen LogP contribution in [0, 0.1) is 10.1 Å². The molecule has 0 bridgehead atoms. The molecular formula is C16H16N2O5. The summed E-state index contributed by atoms with van der Waals surface area (Å²) in [7, 11) is 2.79. The third-order valence-electron chi connectivity index (χ3n) is 3.24. The molecular weight excluding hydrogens is 300 g/mol. The lowest BCUT2D eigenvalue weighted by molar-refractivity contribution is -0.384. The maximum atomic E-state index is 11.7. The van der Waals surface area contributed by atoms with E-state index in [1.807, 2.05) is 6.07 Å². The average Bonchev–Trinajstić information content (AvgIpc) is 2.59. The first-order chi connectivity index (χ1) is 11.0. The number of nitro benzene ring substituents is 1. The van der Waals surface area contributed by atoms with Gasteiger partial charge in [-0.3, -0.25) is 10.1 Å². The summed E-state index contributed by atoms with van der Waals surface area (Å²) < 4.78 is 9.87. The molecule has 0 radical (unpaired) electrons. The number of anilines is 1. The fourth-order valence-corrected chi connectivity index (χ4v) is 2.04. The quantitative estimate of drug-likeness (QED) is 0.500. The molecule has 7 nitrogen and oxygen atoms in total. The van der Waals surface area contributed by atoms with Gasteiger partial charge in [-0.25, -0.2) is 4.79 Å². The monoisotopic (exact) mass is 316 g/mol. The number of nitrogens with one attached hydrogen (secondary N) is 1. The molecule has 2 rings (SSSR count). The fraction of sp³-hybridized carbons (Fsp3) is 0.188.